The van der Waals surface area contributed by atoms with E-state index < -0.39 is 17.9 Å². The maximum atomic E-state index is 13.2. The van der Waals surface area contributed by atoms with E-state index in [9.17, 15) is 19.5 Å². The van der Waals surface area contributed by atoms with Crippen molar-refractivity contribution in [1.29, 1.82) is 0 Å². The molecule has 6 heteroatoms. The first-order chi connectivity index (χ1) is 12.3. The number of carboxylic acids is 1. The summed E-state index contributed by atoms with van der Waals surface area (Å²) in [4.78, 5) is 38.4. The Balaban J connectivity index is 2.22. The van der Waals surface area contributed by atoms with Gasteiger partial charge in [-0.25, -0.2) is 0 Å². The standard InChI is InChI=1S/C20H28N2O4/c1-13(2)9-17(23)21-18(15-7-5-4-6-8-15)19(24)22-11-14(3)10-16(12-22)20(25)26/h4-8,13-14,16,18H,9-12H2,1-3H3,(H,21,23)(H,25,26). The van der Waals surface area contributed by atoms with Crippen molar-refractivity contribution in [3.8, 4) is 0 Å². The summed E-state index contributed by atoms with van der Waals surface area (Å²) in [6.45, 7) is 6.53. The van der Waals surface area contributed by atoms with E-state index in [1.165, 1.54) is 0 Å². The lowest BCUT2D eigenvalue weighted by molar-refractivity contribution is -0.148. The SMILES string of the molecule is CC(C)CC(=O)NC(C(=O)N1CC(C)CC(C(=O)O)C1)c1ccccc1. The number of rotatable bonds is 6. The van der Waals surface area contributed by atoms with Crippen molar-refractivity contribution in [3.05, 3.63) is 35.9 Å². The predicted octanol–water partition coefficient (Wildman–Crippen LogP) is 2.46. The van der Waals surface area contributed by atoms with Crippen LogP contribution in [0.25, 0.3) is 0 Å². The van der Waals surface area contributed by atoms with Crippen LogP contribution in [0.3, 0.4) is 0 Å². The van der Waals surface area contributed by atoms with E-state index in [1.807, 2.05) is 39.0 Å². The zero-order valence-electron chi connectivity index (χ0n) is 15.6. The second-order valence-electron chi connectivity index (χ2n) is 7.63. The van der Waals surface area contributed by atoms with Gasteiger partial charge in [0.25, 0.3) is 0 Å². The highest BCUT2D eigenvalue weighted by Crippen LogP contribution is 2.25. The summed E-state index contributed by atoms with van der Waals surface area (Å²) in [5.74, 6) is -1.57. The second-order valence-corrected chi connectivity index (χ2v) is 7.63. The van der Waals surface area contributed by atoms with Crippen LogP contribution in [-0.4, -0.2) is 40.9 Å². The smallest absolute Gasteiger partial charge is 0.308 e. The van der Waals surface area contributed by atoms with E-state index in [0.717, 1.165) is 0 Å². The zero-order valence-corrected chi connectivity index (χ0v) is 15.6. The number of piperidine rings is 1. The van der Waals surface area contributed by atoms with Crippen molar-refractivity contribution in [3.63, 3.8) is 0 Å². The molecular weight excluding hydrogens is 332 g/mol. The monoisotopic (exact) mass is 360 g/mol. The zero-order chi connectivity index (χ0) is 19.3. The molecule has 0 aromatic heterocycles. The van der Waals surface area contributed by atoms with E-state index in [1.54, 1.807) is 17.0 Å². The maximum Gasteiger partial charge on any atom is 0.308 e. The summed E-state index contributed by atoms with van der Waals surface area (Å²) >= 11 is 0. The van der Waals surface area contributed by atoms with E-state index in [4.69, 9.17) is 0 Å². The van der Waals surface area contributed by atoms with Gasteiger partial charge < -0.3 is 15.3 Å². The minimum atomic E-state index is -0.880. The molecule has 1 aromatic carbocycles. The average Bonchev–Trinajstić information content (AvgIpc) is 2.58. The van der Waals surface area contributed by atoms with Gasteiger partial charge in [-0.05, 0) is 23.8 Å². The topological polar surface area (TPSA) is 86.7 Å². The van der Waals surface area contributed by atoms with Crippen LogP contribution in [-0.2, 0) is 14.4 Å². The van der Waals surface area contributed by atoms with Crippen molar-refractivity contribution in [1.82, 2.24) is 10.2 Å². The highest BCUT2D eigenvalue weighted by Gasteiger charge is 2.35. The fraction of sp³-hybridized carbons (Fsp3) is 0.550. The molecule has 6 nitrogen and oxygen atoms in total. The molecule has 2 amide bonds. The molecule has 2 N–H and O–H groups in total. The van der Waals surface area contributed by atoms with E-state index in [2.05, 4.69) is 5.32 Å². The van der Waals surface area contributed by atoms with Gasteiger partial charge in [-0.1, -0.05) is 51.1 Å². The van der Waals surface area contributed by atoms with Crippen molar-refractivity contribution in [2.75, 3.05) is 13.1 Å². The molecule has 0 aliphatic carbocycles. The maximum absolute atomic E-state index is 13.2. The lowest BCUT2D eigenvalue weighted by Crippen LogP contribution is -2.50. The molecule has 1 aromatic rings. The van der Waals surface area contributed by atoms with Gasteiger partial charge in [-0.2, -0.15) is 0 Å². The predicted molar refractivity (Wildman–Crippen MR) is 98.3 cm³/mol. The number of aliphatic carboxylic acids is 1. The minimum Gasteiger partial charge on any atom is -0.481 e. The highest BCUT2D eigenvalue weighted by atomic mass is 16.4. The van der Waals surface area contributed by atoms with Gasteiger partial charge in [-0.3, -0.25) is 14.4 Å². The van der Waals surface area contributed by atoms with Crippen LogP contribution >= 0.6 is 0 Å². The molecule has 3 unspecified atom stereocenters. The van der Waals surface area contributed by atoms with Crippen molar-refractivity contribution in [2.24, 2.45) is 17.8 Å². The van der Waals surface area contributed by atoms with Crippen LogP contribution in [0.15, 0.2) is 30.3 Å². The van der Waals surface area contributed by atoms with Gasteiger partial charge in [0, 0.05) is 19.5 Å². The van der Waals surface area contributed by atoms with Crippen molar-refractivity contribution in [2.45, 2.75) is 39.7 Å². The van der Waals surface area contributed by atoms with Gasteiger partial charge in [0.15, 0.2) is 0 Å². The number of hydrogen-bond acceptors (Lipinski definition) is 3. The number of nitrogens with one attached hydrogen (secondary N) is 1. The van der Waals surface area contributed by atoms with Crippen LogP contribution in [0.4, 0.5) is 0 Å². The summed E-state index contributed by atoms with van der Waals surface area (Å²) in [6, 6.07) is 8.32. The third-order valence-corrected chi connectivity index (χ3v) is 4.60. The number of benzene rings is 1. The van der Waals surface area contributed by atoms with E-state index in [-0.39, 0.29) is 30.2 Å². The molecule has 1 saturated heterocycles. The highest BCUT2D eigenvalue weighted by molar-refractivity contribution is 5.89. The Morgan fingerprint density at radius 1 is 1.19 bits per heavy atom. The van der Waals surface area contributed by atoms with Gasteiger partial charge in [0.1, 0.15) is 6.04 Å². The summed E-state index contributed by atoms with van der Waals surface area (Å²) < 4.78 is 0. The Labute approximate surface area is 154 Å². The number of amides is 2. The fourth-order valence-corrected chi connectivity index (χ4v) is 3.42. The molecule has 1 aliphatic heterocycles. The number of nitrogens with zero attached hydrogens (tertiary/aromatic N) is 1. The molecule has 0 spiro atoms. The molecule has 1 aliphatic rings. The summed E-state index contributed by atoms with van der Waals surface area (Å²) in [6.07, 6.45) is 0.902. The number of carbonyl (C=O) groups excluding carboxylic acids is 2. The Hall–Kier alpha value is -2.37. The quantitative estimate of drug-likeness (QED) is 0.816. The Bertz CT molecular complexity index is 644. The summed E-state index contributed by atoms with van der Waals surface area (Å²) in [7, 11) is 0. The third kappa shape index (κ3) is 5.31. The Morgan fingerprint density at radius 2 is 1.85 bits per heavy atom. The molecule has 142 valence electrons. The summed E-state index contributed by atoms with van der Waals surface area (Å²) in [5.41, 5.74) is 0.708. The molecular formula is C20H28N2O4. The molecule has 26 heavy (non-hydrogen) atoms. The van der Waals surface area contributed by atoms with Crippen LogP contribution < -0.4 is 5.32 Å². The first kappa shape index (κ1) is 19.9. The number of carbonyl (C=O) groups is 3. The Morgan fingerprint density at radius 3 is 2.42 bits per heavy atom. The van der Waals surface area contributed by atoms with Crippen LogP contribution in [0, 0.1) is 17.8 Å². The molecule has 0 bridgehead atoms. The van der Waals surface area contributed by atoms with E-state index in [0.29, 0.717) is 24.9 Å². The Kier molecular flexibility index (Phi) is 6.77. The van der Waals surface area contributed by atoms with Gasteiger partial charge in [0.05, 0.1) is 5.92 Å². The van der Waals surface area contributed by atoms with Gasteiger partial charge in [0.2, 0.25) is 11.8 Å². The fourth-order valence-electron chi connectivity index (χ4n) is 3.42. The van der Waals surface area contributed by atoms with Crippen LogP contribution in [0.5, 0.6) is 0 Å². The average molecular weight is 360 g/mol. The van der Waals surface area contributed by atoms with Gasteiger partial charge >= 0.3 is 5.97 Å². The molecule has 1 fully saturated rings. The lowest BCUT2D eigenvalue weighted by atomic mass is 9.89. The molecule has 0 saturated carbocycles. The van der Waals surface area contributed by atoms with Gasteiger partial charge in [-0.15, -0.1) is 0 Å². The number of carboxylic acid groups (broad SMARTS) is 1. The lowest BCUT2D eigenvalue weighted by Gasteiger charge is -2.37. The number of hydrogen-bond donors (Lipinski definition) is 2. The molecule has 1 heterocycles. The van der Waals surface area contributed by atoms with Crippen molar-refractivity contribution < 1.29 is 19.5 Å². The van der Waals surface area contributed by atoms with Crippen LogP contribution in [0.1, 0.15) is 45.2 Å². The minimum absolute atomic E-state index is 0.108. The van der Waals surface area contributed by atoms with Crippen molar-refractivity contribution >= 4 is 17.8 Å². The van der Waals surface area contributed by atoms with Crippen LogP contribution in [0.2, 0.25) is 0 Å². The van der Waals surface area contributed by atoms with E-state index >= 15 is 0 Å². The first-order valence-electron chi connectivity index (χ1n) is 9.13. The summed E-state index contributed by atoms with van der Waals surface area (Å²) in [5, 5.41) is 12.2. The third-order valence-electron chi connectivity index (χ3n) is 4.60. The second kappa shape index (κ2) is 8.83. The first-order valence-corrected chi connectivity index (χ1v) is 9.13. The molecule has 3 atom stereocenters. The normalized spacial score (nSPS) is 21.3. The number of likely N-dealkylation sites (tertiary alicyclic amines) is 1. The largest absolute Gasteiger partial charge is 0.481 e. The molecule has 0 radical (unpaired) electrons. The molecule has 2 rings (SSSR count).